The quantitative estimate of drug-likeness (QED) is 0.407. The van der Waals surface area contributed by atoms with Gasteiger partial charge in [-0.1, -0.05) is 25.1 Å². The summed E-state index contributed by atoms with van der Waals surface area (Å²) in [5.41, 5.74) is 0. The van der Waals surface area contributed by atoms with Crippen LogP contribution < -0.4 is 0 Å². The van der Waals surface area contributed by atoms with E-state index in [0.29, 0.717) is 6.04 Å². The van der Waals surface area contributed by atoms with E-state index >= 15 is 0 Å². The Labute approximate surface area is 90.2 Å². The molecule has 0 unspecified atom stereocenters. The molecule has 0 aromatic heterocycles. The Hall–Kier alpha value is -0.690. The second-order valence-electron chi connectivity index (χ2n) is 3.48. The van der Waals surface area contributed by atoms with Crippen LogP contribution in [0.15, 0.2) is 4.99 Å². The summed E-state index contributed by atoms with van der Waals surface area (Å²) in [6.45, 7) is 3.23. The molecular formula is C10H17N3S. The fourth-order valence-corrected chi connectivity index (χ4v) is 2.03. The predicted octanol–water partition coefficient (Wildman–Crippen LogP) is 2.45. The molecule has 14 heavy (non-hydrogen) atoms. The lowest BCUT2D eigenvalue weighted by Gasteiger charge is -2.23. The van der Waals surface area contributed by atoms with Crippen molar-refractivity contribution in [2.75, 3.05) is 12.8 Å². The molecule has 1 fully saturated rings. The largest absolute Gasteiger partial charge is 0.348 e. The standard InChI is InChI=1S/C10H17N3S/c1-3-4-7-13(9-5-6-9)10(14-2)12-8-11/h9H,3-7H2,1-2H3. The molecule has 0 spiro atoms. The van der Waals surface area contributed by atoms with Crippen LogP contribution in [0.2, 0.25) is 0 Å². The molecule has 1 aliphatic rings. The van der Waals surface area contributed by atoms with Gasteiger partial charge in [0.15, 0.2) is 5.17 Å². The van der Waals surface area contributed by atoms with E-state index < -0.39 is 0 Å². The Bertz CT molecular complexity index is 240. The molecule has 1 saturated carbocycles. The SMILES string of the molecule is CCCCN(C(=NC#N)SC)C1CC1. The summed E-state index contributed by atoms with van der Waals surface area (Å²) in [4.78, 5) is 6.16. The Balaban J connectivity index is 2.55. The molecule has 78 valence electrons. The third-order valence-electron chi connectivity index (χ3n) is 2.31. The van der Waals surface area contributed by atoms with E-state index in [1.54, 1.807) is 11.8 Å². The van der Waals surface area contributed by atoms with Gasteiger partial charge in [-0.25, -0.2) is 0 Å². The van der Waals surface area contributed by atoms with Gasteiger partial charge in [0.2, 0.25) is 6.19 Å². The molecule has 0 aromatic rings. The molecule has 0 aromatic carbocycles. The molecule has 0 aliphatic heterocycles. The van der Waals surface area contributed by atoms with Gasteiger partial charge < -0.3 is 4.90 Å². The van der Waals surface area contributed by atoms with Gasteiger partial charge in [-0.05, 0) is 25.5 Å². The van der Waals surface area contributed by atoms with Crippen molar-refractivity contribution < 1.29 is 0 Å². The predicted molar refractivity (Wildman–Crippen MR) is 61.2 cm³/mol. The van der Waals surface area contributed by atoms with E-state index in [-0.39, 0.29) is 0 Å². The maximum absolute atomic E-state index is 8.57. The van der Waals surface area contributed by atoms with Crippen molar-refractivity contribution in [2.45, 2.75) is 38.6 Å². The highest BCUT2D eigenvalue weighted by atomic mass is 32.2. The second kappa shape index (κ2) is 5.92. The molecule has 3 nitrogen and oxygen atoms in total. The summed E-state index contributed by atoms with van der Waals surface area (Å²) in [6.07, 6.45) is 8.76. The monoisotopic (exact) mass is 211 g/mol. The summed E-state index contributed by atoms with van der Waals surface area (Å²) in [6, 6.07) is 0.654. The number of aliphatic imine (C=N–C) groups is 1. The van der Waals surface area contributed by atoms with Crippen molar-refractivity contribution in [3.8, 4) is 6.19 Å². The molecular weight excluding hydrogens is 194 g/mol. The smallest absolute Gasteiger partial charge is 0.208 e. The van der Waals surface area contributed by atoms with Crippen LogP contribution in [0.3, 0.4) is 0 Å². The molecule has 0 amide bonds. The van der Waals surface area contributed by atoms with Gasteiger partial charge in [-0.2, -0.15) is 5.26 Å². The third kappa shape index (κ3) is 3.22. The zero-order valence-electron chi connectivity index (χ0n) is 8.86. The Kier molecular flexibility index (Phi) is 4.81. The van der Waals surface area contributed by atoms with Crippen LogP contribution in [-0.4, -0.2) is 28.9 Å². The zero-order valence-corrected chi connectivity index (χ0v) is 9.68. The lowest BCUT2D eigenvalue weighted by Crippen LogP contribution is -2.31. The summed E-state index contributed by atoms with van der Waals surface area (Å²) >= 11 is 1.57. The van der Waals surface area contributed by atoms with Gasteiger partial charge in [-0.15, -0.1) is 4.99 Å². The lowest BCUT2D eigenvalue weighted by molar-refractivity contribution is 0.406. The lowest BCUT2D eigenvalue weighted by atomic mass is 10.3. The third-order valence-corrected chi connectivity index (χ3v) is 3.01. The molecule has 4 heteroatoms. The molecule has 0 saturated heterocycles. The first-order valence-electron chi connectivity index (χ1n) is 5.10. The van der Waals surface area contributed by atoms with Crippen molar-refractivity contribution in [1.29, 1.82) is 5.26 Å². The zero-order chi connectivity index (χ0) is 10.4. The topological polar surface area (TPSA) is 39.4 Å². The molecule has 1 rings (SSSR count). The second-order valence-corrected chi connectivity index (χ2v) is 4.25. The van der Waals surface area contributed by atoms with Crippen molar-refractivity contribution in [3.63, 3.8) is 0 Å². The normalized spacial score (nSPS) is 16.5. The average molecular weight is 211 g/mol. The highest BCUT2D eigenvalue weighted by molar-refractivity contribution is 8.13. The van der Waals surface area contributed by atoms with Crippen LogP contribution in [0.25, 0.3) is 0 Å². The van der Waals surface area contributed by atoms with Crippen LogP contribution in [-0.2, 0) is 0 Å². The minimum atomic E-state index is 0.654. The molecule has 0 atom stereocenters. The van der Waals surface area contributed by atoms with Crippen molar-refractivity contribution in [2.24, 2.45) is 4.99 Å². The number of thioether (sulfide) groups is 1. The van der Waals surface area contributed by atoms with Gasteiger partial charge in [0.1, 0.15) is 0 Å². The van der Waals surface area contributed by atoms with Crippen LogP contribution in [0.1, 0.15) is 32.6 Å². The summed E-state index contributed by atoms with van der Waals surface area (Å²) < 4.78 is 0. The van der Waals surface area contributed by atoms with Gasteiger partial charge in [0.25, 0.3) is 0 Å². The van der Waals surface area contributed by atoms with Gasteiger partial charge in [0.05, 0.1) is 0 Å². The molecule has 0 radical (unpaired) electrons. The van der Waals surface area contributed by atoms with Crippen molar-refractivity contribution >= 4 is 16.9 Å². The summed E-state index contributed by atoms with van der Waals surface area (Å²) in [7, 11) is 0. The Morgan fingerprint density at radius 2 is 2.36 bits per heavy atom. The van der Waals surface area contributed by atoms with E-state index in [1.807, 2.05) is 12.4 Å². The van der Waals surface area contributed by atoms with Crippen molar-refractivity contribution in [1.82, 2.24) is 4.90 Å². The highest BCUT2D eigenvalue weighted by Gasteiger charge is 2.30. The first kappa shape index (κ1) is 11.4. The van der Waals surface area contributed by atoms with E-state index in [0.717, 1.165) is 11.7 Å². The summed E-state index contributed by atoms with van der Waals surface area (Å²) in [5.74, 6) is 0. The minimum absolute atomic E-state index is 0.654. The van der Waals surface area contributed by atoms with Crippen LogP contribution >= 0.6 is 11.8 Å². The number of amidine groups is 1. The molecule has 0 bridgehead atoms. The average Bonchev–Trinajstić information content (AvgIpc) is 3.00. The van der Waals surface area contributed by atoms with Gasteiger partial charge in [0, 0.05) is 12.6 Å². The number of hydrogen-bond donors (Lipinski definition) is 0. The Morgan fingerprint density at radius 1 is 1.64 bits per heavy atom. The molecule has 0 heterocycles. The number of nitrogens with zero attached hydrogens (tertiary/aromatic N) is 3. The van der Waals surface area contributed by atoms with Crippen LogP contribution in [0, 0.1) is 11.5 Å². The summed E-state index contributed by atoms with van der Waals surface area (Å²) in [5, 5.41) is 9.46. The number of unbranched alkanes of at least 4 members (excludes halogenated alkanes) is 1. The van der Waals surface area contributed by atoms with E-state index in [4.69, 9.17) is 5.26 Å². The van der Waals surface area contributed by atoms with Crippen molar-refractivity contribution in [3.05, 3.63) is 0 Å². The number of nitriles is 1. The maximum atomic E-state index is 8.57. The fraction of sp³-hybridized carbons (Fsp3) is 0.800. The van der Waals surface area contributed by atoms with Gasteiger partial charge >= 0.3 is 0 Å². The van der Waals surface area contributed by atoms with Crippen LogP contribution in [0.4, 0.5) is 0 Å². The van der Waals surface area contributed by atoms with E-state index in [9.17, 15) is 0 Å². The number of hydrogen-bond acceptors (Lipinski definition) is 3. The fourth-order valence-electron chi connectivity index (χ4n) is 1.42. The minimum Gasteiger partial charge on any atom is -0.348 e. The molecule has 1 aliphatic carbocycles. The number of rotatable bonds is 4. The first-order chi connectivity index (χ1) is 6.83. The Morgan fingerprint density at radius 3 is 2.79 bits per heavy atom. The van der Waals surface area contributed by atoms with E-state index in [1.165, 1.54) is 25.7 Å². The highest BCUT2D eigenvalue weighted by Crippen LogP contribution is 2.29. The first-order valence-corrected chi connectivity index (χ1v) is 6.33. The van der Waals surface area contributed by atoms with E-state index in [2.05, 4.69) is 16.8 Å². The van der Waals surface area contributed by atoms with Crippen LogP contribution in [0.5, 0.6) is 0 Å². The molecule has 0 N–H and O–H groups in total. The maximum Gasteiger partial charge on any atom is 0.208 e. The van der Waals surface area contributed by atoms with Gasteiger partial charge in [-0.3, -0.25) is 0 Å².